The first kappa shape index (κ1) is 23.2. The minimum atomic E-state index is -0.617. The van der Waals surface area contributed by atoms with Crippen molar-refractivity contribution in [1.29, 1.82) is 0 Å². The van der Waals surface area contributed by atoms with Gasteiger partial charge in [-0.3, -0.25) is 9.59 Å². The first-order valence-electron chi connectivity index (χ1n) is 10.8. The summed E-state index contributed by atoms with van der Waals surface area (Å²) in [5, 5.41) is 17.7. The number of piperidine rings is 1. The molecule has 0 spiro atoms. The SMILES string of the molecule is COc1cnc(N2C[C@@H]3[C@H](O)[C@@H](N)[C@H](C)[C@H](C(=O)N4CCCCC4)[C@H]3C2)nc1.O=CO. The number of anilines is 1. The van der Waals surface area contributed by atoms with Gasteiger partial charge in [0.2, 0.25) is 11.9 Å². The van der Waals surface area contributed by atoms with Gasteiger partial charge in [-0.1, -0.05) is 6.92 Å². The van der Waals surface area contributed by atoms with E-state index in [1.807, 2.05) is 11.8 Å². The van der Waals surface area contributed by atoms with Gasteiger partial charge in [-0.05, 0) is 31.1 Å². The molecule has 2 aliphatic heterocycles. The Kier molecular flexibility index (Phi) is 7.66. The van der Waals surface area contributed by atoms with Crippen LogP contribution in [0.3, 0.4) is 0 Å². The molecule has 4 rings (SSSR count). The number of carbonyl (C=O) groups excluding carboxylic acids is 1. The number of aliphatic hydroxyl groups excluding tert-OH is 1. The van der Waals surface area contributed by atoms with E-state index in [0.717, 1.165) is 25.9 Å². The first-order valence-corrected chi connectivity index (χ1v) is 10.8. The van der Waals surface area contributed by atoms with E-state index < -0.39 is 12.1 Å². The number of rotatable bonds is 3. The molecule has 1 aromatic heterocycles. The molecule has 1 saturated carbocycles. The van der Waals surface area contributed by atoms with Gasteiger partial charge >= 0.3 is 0 Å². The lowest BCUT2D eigenvalue weighted by Crippen LogP contribution is -2.59. The summed E-state index contributed by atoms with van der Waals surface area (Å²) in [5.41, 5.74) is 6.37. The van der Waals surface area contributed by atoms with E-state index in [1.54, 1.807) is 19.5 Å². The van der Waals surface area contributed by atoms with Crippen LogP contribution in [0.2, 0.25) is 0 Å². The number of amides is 1. The number of aliphatic hydroxyl groups is 1. The number of hydrogen-bond donors (Lipinski definition) is 3. The normalized spacial score (nSPS) is 32.5. The molecule has 3 fully saturated rings. The minimum absolute atomic E-state index is 0.0457. The molecule has 1 aromatic rings. The number of nitrogens with two attached hydrogens (primary N) is 1. The van der Waals surface area contributed by atoms with Crippen molar-refractivity contribution in [2.45, 2.75) is 38.3 Å². The van der Waals surface area contributed by atoms with E-state index in [9.17, 15) is 9.90 Å². The van der Waals surface area contributed by atoms with Crippen molar-refractivity contribution in [2.24, 2.45) is 29.4 Å². The molecule has 10 heteroatoms. The molecule has 31 heavy (non-hydrogen) atoms. The van der Waals surface area contributed by atoms with Crippen LogP contribution in [0.15, 0.2) is 12.4 Å². The summed E-state index contributed by atoms with van der Waals surface area (Å²) < 4.78 is 5.14. The molecule has 0 unspecified atom stereocenters. The number of likely N-dealkylation sites (tertiary alicyclic amines) is 1. The quantitative estimate of drug-likeness (QED) is 0.568. The maximum absolute atomic E-state index is 13.4. The van der Waals surface area contributed by atoms with E-state index in [4.69, 9.17) is 20.4 Å². The molecule has 6 atom stereocenters. The predicted molar refractivity (Wildman–Crippen MR) is 114 cm³/mol. The Balaban J connectivity index is 0.000000858. The van der Waals surface area contributed by atoms with Crippen LogP contribution in [0.25, 0.3) is 0 Å². The van der Waals surface area contributed by atoms with Gasteiger partial charge in [0.25, 0.3) is 6.47 Å². The third-order valence-electron chi connectivity index (χ3n) is 6.97. The molecule has 172 valence electrons. The van der Waals surface area contributed by atoms with Gasteiger partial charge in [0.15, 0.2) is 5.75 Å². The lowest BCUT2D eigenvalue weighted by atomic mass is 9.64. The van der Waals surface area contributed by atoms with Crippen LogP contribution in [0.5, 0.6) is 5.75 Å². The number of methoxy groups -OCH3 is 1. The summed E-state index contributed by atoms with van der Waals surface area (Å²) >= 11 is 0. The van der Waals surface area contributed by atoms with Crippen molar-refractivity contribution in [1.82, 2.24) is 14.9 Å². The third kappa shape index (κ3) is 4.74. The number of fused-ring (bicyclic) bond motifs is 1. The zero-order valence-corrected chi connectivity index (χ0v) is 18.1. The third-order valence-corrected chi connectivity index (χ3v) is 6.97. The zero-order valence-electron chi connectivity index (χ0n) is 18.1. The zero-order chi connectivity index (χ0) is 22.5. The fourth-order valence-electron chi connectivity index (χ4n) is 5.30. The lowest BCUT2D eigenvalue weighted by Gasteiger charge is -2.45. The highest BCUT2D eigenvalue weighted by Crippen LogP contribution is 2.44. The number of aromatic nitrogens is 2. The average Bonchev–Trinajstić information content (AvgIpc) is 3.24. The van der Waals surface area contributed by atoms with Crippen LogP contribution >= 0.6 is 0 Å². The second-order valence-corrected chi connectivity index (χ2v) is 8.60. The van der Waals surface area contributed by atoms with Crippen LogP contribution < -0.4 is 15.4 Å². The van der Waals surface area contributed by atoms with Crippen LogP contribution in [0.4, 0.5) is 5.95 Å². The topological polar surface area (TPSA) is 142 Å². The summed E-state index contributed by atoms with van der Waals surface area (Å²) in [5.74, 6) is 1.22. The molecule has 3 aliphatic rings. The summed E-state index contributed by atoms with van der Waals surface area (Å²) in [6.45, 7) is 4.71. The van der Waals surface area contributed by atoms with Gasteiger partial charge in [0, 0.05) is 44.1 Å². The van der Waals surface area contributed by atoms with Gasteiger partial charge in [-0.25, -0.2) is 9.97 Å². The Bertz CT molecular complexity index is 742. The monoisotopic (exact) mass is 435 g/mol. The second-order valence-electron chi connectivity index (χ2n) is 8.60. The first-order chi connectivity index (χ1) is 14.9. The largest absolute Gasteiger partial charge is 0.494 e. The maximum Gasteiger partial charge on any atom is 0.290 e. The summed E-state index contributed by atoms with van der Waals surface area (Å²) in [6.07, 6.45) is 6.00. The van der Waals surface area contributed by atoms with Gasteiger partial charge in [0.05, 0.1) is 25.6 Å². The highest BCUT2D eigenvalue weighted by atomic mass is 16.5. The molecular weight excluding hydrogens is 402 g/mol. The molecule has 1 amide bonds. The number of hydrogen-bond acceptors (Lipinski definition) is 8. The Morgan fingerprint density at radius 2 is 1.77 bits per heavy atom. The van der Waals surface area contributed by atoms with Crippen molar-refractivity contribution < 1.29 is 24.5 Å². The van der Waals surface area contributed by atoms with Crippen LogP contribution in [-0.2, 0) is 9.59 Å². The fourth-order valence-corrected chi connectivity index (χ4v) is 5.30. The lowest BCUT2D eigenvalue weighted by molar-refractivity contribution is -0.145. The molecule has 3 heterocycles. The predicted octanol–water partition coefficient (Wildman–Crippen LogP) is 0.205. The Morgan fingerprint density at radius 1 is 1.19 bits per heavy atom. The summed E-state index contributed by atoms with van der Waals surface area (Å²) in [6, 6.07) is -0.392. The highest BCUT2D eigenvalue weighted by Gasteiger charge is 2.54. The Labute approximate surface area is 182 Å². The fraction of sp³-hybridized carbons (Fsp3) is 0.714. The molecule has 0 aromatic carbocycles. The van der Waals surface area contributed by atoms with Crippen molar-refractivity contribution >= 4 is 18.3 Å². The second kappa shape index (κ2) is 10.2. The van der Waals surface area contributed by atoms with E-state index in [-0.39, 0.29) is 36.1 Å². The van der Waals surface area contributed by atoms with Gasteiger partial charge < -0.3 is 30.5 Å². The molecule has 0 radical (unpaired) electrons. The van der Waals surface area contributed by atoms with Gasteiger partial charge in [-0.2, -0.15) is 0 Å². The smallest absolute Gasteiger partial charge is 0.290 e. The number of nitrogens with zero attached hydrogens (tertiary/aromatic N) is 4. The molecule has 10 nitrogen and oxygen atoms in total. The molecule has 2 saturated heterocycles. The summed E-state index contributed by atoms with van der Waals surface area (Å²) in [7, 11) is 1.58. The number of ether oxygens (including phenoxy) is 1. The Morgan fingerprint density at radius 3 is 2.35 bits per heavy atom. The van der Waals surface area contributed by atoms with E-state index in [0.29, 0.717) is 24.8 Å². The molecule has 0 bridgehead atoms. The van der Waals surface area contributed by atoms with Crippen molar-refractivity contribution in [2.75, 3.05) is 38.2 Å². The van der Waals surface area contributed by atoms with E-state index in [1.165, 1.54) is 6.42 Å². The standard InChI is InChI=1S/C20H31N5O3.CH2O2/c1-12-16(19(27)24-6-4-3-5-7-24)14-10-25(11-15(14)18(26)17(12)21)20-22-8-13(28-2)9-23-20;2-1-3/h8-9,12,14-18,26H,3-7,10-11,21H2,1-2H3;1H,(H,2,3)/t12-,14+,15+,16+,17+,18+;/m1./s1. The highest BCUT2D eigenvalue weighted by molar-refractivity contribution is 5.80. The van der Waals surface area contributed by atoms with Crippen molar-refractivity contribution in [3.05, 3.63) is 12.4 Å². The van der Waals surface area contributed by atoms with Gasteiger partial charge in [0.1, 0.15) is 0 Å². The number of carbonyl (C=O) groups is 2. The van der Waals surface area contributed by atoms with Crippen LogP contribution in [0.1, 0.15) is 26.2 Å². The maximum atomic E-state index is 13.4. The average molecular weight is 436 g/mol. The minimum Gasteiger partial charge on any atom is -0.494 e. The molecule has 1 aliphatic carbocycles. The van der Waals surface area contributed by atoms with Gasteiger partial charge in [-0.15, -0.1) is 0 Å². The van der Waals surface area contributed by atoms with Crippen molar-refractivity contribution in [3.63, 3.8) is 0 Å². The van der Waals surface area contributed by atoms with Crippen molar-refractivity contribution in [3.8, 4) is 5.75 Å². The molecule has 4 N–H and O–H groups in total. The summed E-state index contributed by atoms with van der Waals surface area (Å²) in [4.78, 5) is 34.6. The number of carboxylic acid groups (broad SMARTS) is 1. The van der Waals surface area contributed by atoms with Crippen LogP contribution in [-0.4, -0.2) is 82.9 Å². The van der Waals surface area contributed by atoms with E-state index >= 15 is 0 Å². The molecular formula is C21H33N5O5. The van der Waals surface area contributed by atoms with E-state index in [2.05, 4.69) is 14.9 Å². The Hall–Kier alpha value is -2.46. The van der Waals surface area contributed by atoms with Crippen LogP contribution in [0, 0.1) is 23.7 Å².